The van der Waals surface area contributed by atoms with Gasteiger partial charge in [0.25, 0.3) is 5.91 Å². The molecule has 0 spiro atoms. The van der Waals surface area contributed by atoms with Gasteiger partial charge < -0.3 is 4.90 Å². The van der Waals surface area contributed by atoms with Gasteiger partial charge in [0.1, 0.15) is 0 Å². The second-order valence-corrected chi connectivity index (χ2v) is 5.89. The first kappa shape index (κ1) is 12.6. The number of nitrogens with zero attached hydrogens (tertiary/aromatic N) is 1. The minimum atomic E-state index is -0.00150. The number of carbonyl (C=O) groups is 1. The Labute approximate surface area is 109 Å². The van der Waals surface area contributed by atoms with Crippen molar-refractivity contribution < 1.29 is 9.69 Å². The lowest BCUT2D eigenvalue weighted by molar-refractivity contribution is -0.888. The number of quaternary nitrogens is 1. The predicted octanol–water partition coefficient (Wildman–Crippen LogP) is -0.170. The molecule has 0 bridgehead atoms. The van der Waals surface area contributed by atoms with Crippen molar-refractivity contribution in [2.75, 3.05) is 31.1 Å². The van der Waals surface area contributed by atoms with Gasteiger partial charge in [0.2, 0.25) is 0 Å². The Kier molecular flexibility index (Phi) is 5.03. The van der Waals surface area contributed by atoms with E-state index >= 15 is 0 Å². The maximum atomic E-state index is 11.6. The second-order valence-electron chi connectivity index (χ2n) is 3.89. The first-order chi connectivity index (χ1) is 8.34. The maximum absolute atomic E-state index is 11.6. The van der Waals surface area contributed by atoms with Crippen molar-refractivity contribution in [3.05, 3.63) is 22.4 Å². The Hall–Kier alpha value is -0.850. The Bertz CT molecular complexity index is 372. The Morgan fingerprint density at radius 3 is 3.06 bits per heavy atom. The van der Waals surface area contributed by atoms with Crippen LogP contribution < -0.4 is 10.3 Å². The minimum Gasteiger partial charge on any atom is -0.326 e. The van der Waals surface area contributed by atoms with Crippen LogP contribution in [0.25, 0.3) is 0 Å². The second kappa shape index (κ2) is 6.78. The van der Waals surface area contributed by atoms with Crippen molar-refractivity contribution >= 4 is 35.2 Å². The first-order valence-corrected chi connectivity index (χ1v) is 7.70. The molecular weight excluding hydrogens is 254 g/mol. The summed E-state index contributed by atoms with van der Waals surface area (Å²) < 4.78 is 0. The van der Waals surface area contributed by atoms with Crippen molar-refractivity contribution in [2.24, 2.45) is 5.10 Å². The summed E-state index contributed by atoms with van der Waals surface area (Å²) in [6.07, 6.45) is 1.68. The molecule has 1 aliphatic rings. The van der Waals surface area contributed by atoms with Gasteiger partial charge in [-0.1, -0.05) is 0 Å². The number of nitrogens with one attached hydrogen (secondary N) is 2. The van der Waals surface area contributed by atoms with Gasteiger partial charge in [-0.3, -0.25) is 4.79 Å². The number of amides is 1. The number of thioether (sulfide) groups is 1. The lowest BCUT2D eigenvalue weighted by atomic mass is 10.4. The Morgan fingerprint density at radius 1 is 1.53 bits per heavy atom. The molecule has 2 heterocycles. The van der Waals surface area contributed by atoms with Gasteiger partial charge in [0.05, 0.1) is 19.3 Å². The molecule has 1 fully saturated rings. The van der Waals surface area contributed by atoms with Crippen LogP contribution in [0.2, 0.25) is 0 Å². The molecule has 0 atom stereocenters. The van der Waals surface area contributed by atoms with Crippen LogP contribution in [0.3, 0.4) is 0 Å². The number of hydrogen-bond acceptors (Lipinski definition) is 4. The summed E-state index contributed by atoms with van der Waals surface area (Å²) in [5, 5.41) is 7.92. The largest absolute Gasteiger partial charge is 0.326 e. The fourth-order valence-corrected chi connectivity index (χ4v) is 3.31. The molecule has 0 radical (unpaired) electrons. The Morgan fingerprint density at radius 2 is 2.35 bits per heavy atom. The van der Waals surface area contributed by atoms with Crippen molar-refractivity contribution in [3.8, 4) is 0 Å². The summed E-state index contributed by atoms with van der Waals surface area (Å²) in [6.45, 7) is 2.68. The van der Waals surface area contributed by atoms with Gasteiger partial charge in [-0.2, -0.15) is 28.2 Å². The molecule has 2 rings (SSSR count). The fraction of sp³-hybridized carbons (Fsp3) is 0.455. The average Bonchev–Trinajstić information content (AvgIpc) is 2.83. The molecule has 0 saturated carbocycles. The van der Waals surface area contributed by atoms with Gasteiger partial charge in [0.15, 0.2) is 6.54 Å². The molecule has 0 aliphatic carbocycles. The van der Waals surface area contributed by atoms with Crippen LogP contribution in [0.5, 0.6) is 0 Å². The van der Waals surface area contributed by atoms with E-state index in [1.54, 1.807) is 17.6 Å². The van der Waals surface area contributed by atoms with E-state index < -0.39 is 0 Å². The SMILES string of the molecule is O=C(C[NH+]1CCSCC1)N/N=C\c1ccsc1. The summed E-state index contributed by atoms with van der Waals surface area (Å²) in [5.74, 6) is 2.31. The molecule has 2 N–H and O–H groups in total. The van der Waals surface area contributed by atoms with Crippen LogP contribution in [-0.2, 0) is 4.79 Å². The van der Waals surface area contributed by atoms with E-state index in [2.05, 4.69) is 10.5 Å². The van der Waals surface area contributed by atoms with E-state index in [-0.39, 0.29) is 5.91 Å². The smallest absolute Gasteiger partial charge is 0.295 e. The Balaban J connectivity index is 1.70. The highest BCUT2D eigenvalue weighted by Gasteiger charge is 2.16. The zero-order valence-electron chi connectivity index (χ0n) is 9.52. The molecule has 1 aromatic rings. The third-order valence-electron chi connectivity index (χ3n) is 2.56. The van der Waals surface area contributed by atoms with Crippen molar-refractivity contribution in [1.29, 1.82) is 0 Å². The molecule has 17 heavy (non-hydrogen) atoms. The third-order valence-corrected chi connectivity index (χ3v) is 4.24. The molecular formula is C11H16N3OS2+. The molecule has 1 amide bonds. The van der Waals surface area contributed by atoms with E-state index in [4.69, 9.17) is 0 Å². The maximum Gasteiger partial charge on any atom is 0.295 e. The third kappa shape index (κ3) is 4.49. The summed E-state index contributed by atoms with van der Waals surface area (Å²) in [7, 11) is 0. The van der Waals surface area contributed by atoms with Crippen LogP contribution in [0, 0.1) is 0 Å². The quantitative estimate of drug-likeness (QED) is 0.589. The minimum absolute atomic E-state index is 0.00150. The lowest BCUT2D eigenvalue weighted by Crippen LogP contribution is -3.14. The van der Waals surface area contributed by atoms with Gasteiger partial charge >= 0.3 is 0 Å². The molecule has 1 saturated heterocycles. The van der Waals surface area contributed by atoms with Crippen molar-refractivity contribution in [1.82, 2.24) is 5.43 Å². The van der Waals surface area contributed by atoms with Crippen molar-refractivity contribution in [3.63, 3.8) is 0 Å². The van der Waals surface area contributed by atoms with Gasteiger partial charge in [-0.25, -0.2) is 5.43 Å². The van der Waals surface area contributed by atoms with Crippen molar-refractivity contribution in [2.45, 2.75) is 0 Å². The average molecular weight is 270 g/mol. The topological polar surface area (TPSA) is 45.9 Å². The van der Waals surface area contributed by atoms with Crippen LogP contribution in [0.4, 0.5) is 0 Å². The van der Waals surface area contributed by atoms with Gasteiger partial charge in [-0.15, -0.1) is 0 Å². The monoisotopic (exact) mass is 270 g/mol. The van der Waals surface area contributed by atoms with Gasteiger partial charge in [-0.05, 0) is 16.8 Å². The zero-order chi connectivity index (χ0) is 11.9. The summed E-state index contributed by atoms with van der Waals surface area (Å²) in [5.41, 5.74) is 3.60. The predicted molar refractivity (Wildman–Crippen MR) is 72.9 cm³/mol. The van der Waals surface area contributed by atoms with E-state index in [0.717, 1.165) is 30.2 Å². The summed E-state index contributed by atoms with van der Waals surface area (Å²) in [4.78, 5) is 12.9. The van der Waals surface area contributed by atoms with Crippen LogP contribution in [0.1, 0.15) is 5.56 Å². The van der Waals surface area contributed by atoms with E-state index in [0.29, 0.717) is 6.54 Å². The van der Waals surface area contributed by atoms with E-state index in [1.807, 2.05) is 28.6 Å². The summed E-state index contributed by atoms with van der Waals surface area (Å²) in [6, 6.07) is 1.97. The molecule has 1 aromatic heterocycles. The highest BCUT2D eigenvalue weighted by molar-refractivity contribution is 7.99. The van der Waals surface area contributed by atoms with Gasteiger partial charge in [0, 0.05) is 17.1 Å². The zero-order valence-corrected chi connectivity index (χ0v) is 11.1. The fourth-order valence-electron chi connectivity index (χ4n) is 1.63. The normalized spacial score (nSPS) is 17.4. The molecule has 6 heteroatoms. The molecule has 0 unspecified atom stereocenters. The number of carbonyl (C=O) groups excluding carboxylic acids is 1. The number of hydrazone groups is 1. The highest BCUT2D eigenvalue weighted by atomic mass is 32.2. The molecule has 0 aromatic carbocycles. The lowest BCUT2D eigenvalue weighted by Gasteiger charge is -2.21. The molecule has 1 aliphatic heterocycles. The van der Waals surface area contributed by atoms with Crippen LogP contribution >= 0.6 is 23.1 Å². The van der Waals surface area contributed by atoms with E-state index in [1.165, 1.54) is 4.90 Å². The molecule has 92 valence electrons. The van der Waals surface area contributed by atoms with E-state index in [9.17, 15) is 4.79 Å². The number of thiophene rings is 1. The highest BCUT2D eigenvalue weighted by Crippen LogP contribution is 2.01. The number of hydrogen-bond donors (Lipinski definition) is 2. The number of rotatable bonds is 4. The van der Waals surface area contributed by atoms with Crippen LogP contribution in [-0.4, -0.2) is 43.3 Å². The standard InChI is InChI=1S/C11H15N3OS2/c15-11(8-14-2-5-16-6-3-14)13-12-7-10-1-4-17-9-10/h1,4,7,9H,2-3,5-6,8H2,(H,13,15)/p+1/b12-7-. The summed E-state index contributed by atoms with van der Waals surface area (Å²) >= 11 is 3.58. The van der Waals surface area contributed by atoms with Crippen LogP contribution in [0.15, 0.2) is 21.9 Å². The molecule has 4 nitrogen and oxygen atoms in total. The first-order valence-electron chi connectivity index (χ1n) is 5.60.